The minimum Gasteiger partial charge on any atom is -0.374 e. The van der Waals surface area contributed by atoms with Crippen LogP contribution in [0.25, 0.3) is 0 Å². The number of benzene rings is 3. The van der Waals surface area contributed by atoms with Crippen LogP contribution in [0.5, 0.6) is 0 Å². The molecule has 0 heterocycles. The molecule has 0 atom stereocenters. The van der Waals surface area contributed by atoms with E-state index < -0.39 is 5.60 Å². The number of nitrogens with zero attached hydrogens (tertiary/aromatic N) is 1. The molecule has 0 aliphatic carbocycles. The van der Waals surface area contributed by atoms with Gasteiger partial charge in [-0.05, 0) is 6.92 Å². The highest BCUT2D eigenvalue weighted by Crippen LogP contribution is 2.40. The Balaban J connectivity index is 2.28. The molecule has 0 unspecified atom stereocenters. The van der Waals surface area contributed by atoms with Gasteiger partial charge in [-0.25, -0.2) is 0 Å². The summed E-state index contributed by atoms with van der Waals surface area (Å²) in [7, 11) is 0. The SMILES string of the molecule is CC(=O)C(C)=NOC(c1ccccc1)(c1ccccc1)c1ccccc1. The predicted molar refractivity (Wildman–Crippen MR) is 104 cm³/mol. The van der Waals surface area contributed by atoms with Gasteiger partial charge in [-0.3, -0.25) is 4.79 Å². The van der Waals surface area contributed by atoms with E-state index in [2.05, 4.69) is 5.16 Å². The zero-order chi connectivity index (χ0) is 18.4. The molecule has 26 heavy (non-hydrogen) atoms. The molecular formula is C23H21NO2. The molecule has 3 aromatic carbocycles. The van der Waals surface area contributed by atoms with Gasteiger partial charge in [-0.15, -0.1) is 0 Å². The molecule has 0 aliphatic rings. The van der Waals surface area contributed by atoms with E-state index in [0.29, 0.717) is 5.71 Å². The molecule has 0 N–H and O–H groups in total. The zero-order valence-corrected chi connectivity index (χ0v) is 14.9. The number of carbonyl (C=O) groups excluding carboxylic acids is 1. The van der Waals surface area contributed by atoms with Crippen LogP contribution < -0.4 is 0 Å². The van der Waals surface area contributed by atoms with E-state index in [1.165, 1.54) is 6.92 Å². The van der Waals surface area contributed by atoms with Gasteiger partial charge in [0.1, 0.15) is 5.71 Å². The summed E-state index contributed by atoms with van der Waals surface area (Å²) < 4.78 is 0. The first-order valence-corrected chi connectivity index (χ1v) is 8.55. The Morgan fingerprint density at radius 2 is 1.04 bits per heavy atom. The molecule has 0 spiro atoms. The first-order valence-electron chi connectivity index (χ1n) is 8.55. The van der Waals surface area contributed by atoms with Crippen LogP contribution >= 0.6 is 0 Å². The smallest absolute Gasteiger partial charge is 0.212 e. The summed E-state index contributed by atoms with van der Waals surface area (Å²) in [4.78, 5) is 17.8. The van der Waals surface area contributed by atoms with Crippen LogP contribution in [0.1, 0.15) is 30.5 Å². The second-order valence-corrected chi connectivity index (χ2v) is 6.10. The molecule has 0 fully saturated rings. The lowest BCUT2D eigenvalue weighted by atomic mass is 9.80. The van der Waals surface area contributed by atoms with Crippen LogP contribution in [0, 0.1) is 0 Å². The van der Waals surface area contributed by atoms with Crippen molar-refractivity contribution in [3.63, 3.8) is 0 Å². The summed E-state index contributed by atoms with van der Waals surface area (Å²) in [6.07, 6.45) is 0. The molecule has 0 aliphatic heterocycles. The van der Waals surface area contributed by atoms with Gasteiger partial charge in [0.25, 0.3) is 0 Å². The molecule has 0 saturated heterocycles. The van der Waals surface area contributed by atoms with Gasteiger partial charge in [-0.1, -0.05) is 96.2 Å². The van der Waals surface area contributed by atoms with E-state index >= 15 is 0 Å². The molecule has 0 aromatic heterocycles. The molecule has 3 nitrogen and oxygen atoms in total. The Kier molecular flexibility index (Phi) is 5.28. The van der Waals surface area contributed by atoms with Gasteiger partial charge in [0.15, 0.2) is 5.78 Å². The van der Waals surface area contributed by atoms with Gasteiger partial charge in [0.2, 0.25) is 5.60 Å². The monoisotopic (exact) mass is 343 g/mol. The number of carbonyl (C=O) groups is 1. The molecule has 3 rings (SSSR count). The summed E-state index contributed by atoms with van der Waals surface area (Å²) in [5.41, 5.74) is 2.21. The second-order valence-electron chi connectivity index (χ2n) is 6.10. The van der Waals surface area contributed by atoms with E-state index in [-0.39, 0.29) is 5.78 Å². The summed E-state index contributed by atoms with van der Waals surface area (Å²) in [5.74, 6) is -0.118. The van der Waals surface area contributed by atoms with Crippen molar-refractivity contribution in [1.29, 1.82) is 0 Å². The van der Waals surface area contributed by atoms with Crippen LogP contribution in [0.4, 0.5) is 0 Å². The Labute approximate surface area is 153 Å². The maximum absolute atomic E-state index is 11.7. The lowest BCUT2D eigenvalue weighted by molar-refractivity contribution is -0.111. The number of rotatable bonds is 6. The predicted octanol–water partition coefficient (Wildman–Crippen LogP) is 4.96. The topological polar surface area (TPSA) is 38.7 Å². The summed E-state index contributed by atoms with van der Waals surface area (Å²) in [5, 5.41) is 4.19. The normalized spacial score (nSPS) is 11.8. The van der Waals surface area contributed by atoms with Crippen molar-refractivity contribution in [3.05, 3.63) is 108 Å². The summed E-state index contributed by atoms with van der Waals surface area (Å²) >= 11 is 0. The van der Waals surface area contributed by atoms with Crippen molar-refractivity contribution in [2.45, 2.75) is 19.4 Å². The van der Waals surface area contributed by atoms with E-state index in [1.807, 2.05) is 91.0 Å². The van der Waals surface area contributed by atoms with Crippen LogP contribution in [0.2, 0.25) is 0 Å². The van der Waals surface area contributed by atoms with Crippen molar-refractivity contribution < 1.29 is 9.63 Å². The van der Waals surface area contributed by atoms with Crippen LogP contribution in [-0.4, -0.2) is 11.5 Å². The molecular weight excluding hydrogens is 322 g/mol. The van der Waals surface area contributed by atoms with Crippen molar-refractivity contribution >= 4 is 11.5 Å². The van der Waals surface area contributed by atoms with E-state index in [9.17, 15) is 4.79 Å². The fourth-order valence-electron chi connectivity index (χ4n) is 2.88. The first kappa shape index (κ1) is 17.6. The Hall–Kier alpha value is -3.20. The Morgan fingerprint density at radius 1 is 0.692 bits per heavy atom. The molecule has 3 heteroatoms. The third-order valence-electron chi connectivity index (χ3n) is 4.37. The highest BCUT2D eigenvalue weighted by molar-refractivity contribution is 6.37. The lowest BCUT2D eigenvalue weighted by Gasteiger charge is -2.33. The fourth-order valence-corrected chi connectivity index (χ4v) is 2.88. The summed E-state index contributed by atoms with van der Waals surface area (Å²) in [6, 6.07) is 29.8. The fraction of sp³-hybridized carbons (Fsp3) is 0.130. The number of hydrogen-bond acceptors (Lipinski definition) is 3. The van der Waals surface area contributed by atoms with Gasteiger partial charge >= 0.3 is 0 Å². The number of oxime groups is 1. The lowest BCUT2D eigenvalue weighted by Crippen LogP contribution is -2.31. The molecule has 0 radical (unpaired) electrons. The van der Waals surface area contributed by atoms with E-state index in [0.717, 1.165) is 16.7 Å². The molecule has 0 amide bonds. The van der Waals surface area contributed by atoms with E-state index in [1.54, 1.807) is 6.92 Å². The third-order valence-corrected chi connectivity index (χ3v) is 4.37. The Bertz CT molecular complexity index is 791. The minimum absolute atomic E-state index is 0.118. The number of ketones is 1. The van der Waals surface area contributed by atoms with Crippen molar-refractivity contribution in [3.8, 4) is 0 Å². The average molecular weight is 343 g/mol. The third kappa shape index (κ3) is 3.42. The van der Waals surface area contributed by atoms with Gasteiger partial charge < -0.3 is 4.84 Å². The largest absolute Gasteiger partial charge is 0.374 e. The molecule has 0 bridgehead atoms. The Morgan fingerprint density at radius 3 is 1.35 bits per heavy atom. The maximum Gasteiger partial charge on any atom is 0.212 e. The minimum atomic E-state index is -0.944. The quantitative estimate of drug-likeness (QED) is 0.360. The van der Waals surface area contributed by atoms with Crippen molar-refractivity contribution in [1.82, 2.24) is 0 Å². The highest BCUT2D eigenvalue weighted by atomic mass is 16.7. The van der Waals surface area contributed by atoms with E-state index in [4.69, 9.17) is 4.84 Å². The summed E-state index contributed by atoms with van der Waals surface area (Å²) in [6.45, 7) is 3.14. The molecule has 0 saturated carbocycles. The number of hydrogen-bond donors (Lipinski definition) is 0. The number of Topliss-reactive ketones (excluding diaryl/α,β-unsaturated/α-hetero) is 1. The van der Waals surface area contributed by atoms with Crippen molar-refractivity contribution in [2.24, 2.45) is 5.16 Å². The average Bonchev–Trinajstić information content (AvgIpc) is 2.70. The van der Waals surface area contributed by atoms with Crippen LogP contribution in [0.3, 0.4) is 0 Å². The first-order chi connectivity index (χ1) is 12.6. The maximum atomic E-state index is 11.7. The molecule has 3 aromatic rings. The second kappa shape index (κ2) is 7.79. The molecule has 130 valence electrons. The van der Waals surface area contributed by atoms with Gasteiger partial charge in [0, 0.05) is 23.6 Å². The van der Waals surface area contributed by atoms with Crippen LogP contribution in [0.15, 0.2) is 96.2 Å². The highest BCUT2D eigenvalue weighted by Gasteiger charge is 2.39. The van der Waals surface area contributed by atoms with Gasteiger partial charge in [-0.2, -0.15) is 0 Å². The standard InChI is InChI=1S/C23H21NO2/c1-18(19(2)25)24-26-23(20-12-6-3-7-13-20,21-14-8-4-9-15-21)22-16-10-5-11-17-22/h3-17H,1-2H3. The van der Waals surface area contributed by atoms with Crippen molar-refractivity contribution in [2.75, 3.05) is 0 Å². The van der Waals surface area contributed by atoms with Crippen LogP contribution in [-0.2, 0) is 15.2 Å². The van der Waals surface area contributed by atoms with Gasteiger partial charge in [0.05, 0.1) is 0 Å². The zero-order valence-electron chi connectivity index (χ0n) is 14.9.